The zero-order valence-electron chi connectivity index (χ0n) is 10.3. The predicted octanol–water partition coefficient (Wildman–Crippen LogP) is 4.02. The molecule has 0 unspecified atom stereocenters. The number of halogens is 3. The van der Waals surface area contributed by atoms with Crippen molar-refractivity contribution in [2.45, 2.75) is 0 Å². The van der Waals surface area contributed by atoms with E-state index in [0.29, 0.717) is 22.2 Å². The van der Waals surface area contributed by atoms with E-state index >= 15 is 0 Å². The molecule has 3 rings (SSSR count). The number of carbonyl (C=O) groups is 1. The molecule has 0 spiro atoms. The molecule has 1 aromatic carbocycles. The van der Waals surface area contributed by atoms with Crippen LogP contribution in [0, 0.1) is 0 Å². The molecular formula is C13H7Cl3N2O3. The van der Waals surface area contributed by atoms with Gasteiger partial charge >= 0.3 is 0 Å². The van der Waals surface area contributed by atoms with E-state index in [-0.39, 0.29) is 22.7 Å². The molecule has 1 amide bonds. The van der Waals surface area contributed by atoms with Gasteiger partial charge in [0.25, 0.3) is 5.91 Å². The zero-order chi connectivity index (χ0) is 15.0. The van der Waals surface area contributed by atoms with Crippen molar-refractivity contribution >= 4 is 46.4 Å². The standard InChI is InChI=1S/C13H7Cl3N2O3/c14-6-1-2-11(16)18-12(6)13(19)17-8-4-10-9(3-7(8)15)20-5-21-10/h1-4H,5H2,(H,17,19). The summed E-state index contributed by atoms with van der Waals surface area (Å²) in [4.78, 5) is 16.1. The summed E-state index contributed by atoms with van der Waals surface area (Å²) in [6.45, 7) is 0.116. The van der Waals surface area contributed by atoms with E-state index in [9.17, 15) is 4.79 Å². The van der Waals surface area contributed by atoms with E-state index in [1.165, 1.54) is 12.1 Å². The number of rotatable bonds is 2. The largest absolute Gasteiger partial charge is 0.454 e. The van der Waals surface area contributed by atoms with Crippen LogP contribution in [0.1, 0.15) is 10.5 Å². The fraction of sp³-hybridized carbons (Fsp3) is 0.0769. The lowest BCUT2D eigenvalue weighted by atomic mass is 10.2. The summed E-state index contributed by atoms with van der Waals surface area (Å²) in [5.41, 5.74) is 0.377. The van der Waals surface area contributed by atoms with Gasteiger partial charge in [-0.25, -0.2) is 4.98 Å². The number of aromatic nitrogens is 1. The number of ether oxygens (including phenoxy) is 2. The Balaban J connectivity index is 1.90. The van der Waals surface area contributed by atoms with Gasteiger partial charge in [0.1, 0.15) is 10.8 Å². The van der Waals surface area contributed by atoms with Gasteiger partial charge in [0.15, 0.2) is 11.5 Å². The van der Waals surface area contributed by atoms with Crippen molar-refractivity contribution in [3.05, 3.63) is 45.2 Å². The highest BCUT2D eigenvalue weighted by molar-refractivity contribution is 6.36. The number of pyridine rings is 1. The summed E-state index contributed by atoms with van der Waals surface area (Å²) >= 11 is 17.8. The second-order valence-corrected chi connectivity index (χ2v) is 5.31. The van der Waals surface area contributed by atoms with Crippen LogP contribution >= 0.6 is 34.8 Å². The van der Waals surface area contributed by atoms with Gasteiger partial charge in [-0.15, -0.1) is 0 Å². The molecule has 0 saturated carbocycles. The average Bonchev–Trinajstić information content (AvgIpc) is 2.88. The van der Waals surface area contributed by atoms with Crippen molar-refractivity contribution in [2.75, 3.05) is 12.1 Å². The van der Waals surface area contributed by atoms with Gasteiger partial charge in [-0.3, -0.25) is 4.79 Å². The number of benzene rings is 1. The van der Waals surface area contributed by atoms with Gasteiger partial charge in [0, 0.05) is 12.1 Å². The van der Waals surface area contributed by atoms with Gasteiger partial charge < -0.3 is 14.8 Å². The Hall–Kier alpha value is -1.69. The molecule has 0 aliphatic carbocycles. The smallest absolute Gasteiger partial charge is 0.275 e. The lowest BCUT2D eigenvalue weighted by Crippen LogP contribution is -2.14. The van der Waals surface area contributed by atoms with E-state index in [1.54, 1.807) is 12.1 Å². The first kappa shape index (κ1) is 14.3. The van der Waals surface area contributed by atoms with Crippen LogP contribution in [0.4, 0.5) is 5.69 Å². The van der Waals surface area contributed by atoms with Gasteiger partial charge in [0.05, 0.1) is 15.7 Å². The summed E-state index contributed by atoms with van der Waals surface area (Å²) < 4.78 is 10.4. The highest BCUT2D eigenvalue weighted by Gasteiger charge is 2.19. The first-order valence-corrected chi connectivity index (χ1v) is 6.90. The lowest BCUT2D eigenvalue weighted by Gasteiger charge is -2.09. The molecule has 1 aliphatic rings. The Morgan fingerprint density at radius 1 is 1.10 bits per heavy atom. The SMILES string of the molecule is O=C(Nc1cc2c(cc1Cl)OCO2)c1nc(Cl)ccc1Cl. The third-order valence-corrected chi connectivity index (χ3v) is 3.57. The quantitative estimate of drug-likeness (QED) is 0.835. The molecular weight excluding hydrogens is 339 g/mol. The molecule has 0 saturated heterocycles. The Morgan fingerprint density at radius 3 is 2.57 bits per heavy atom. The molecule has 0 bridgehead atoms. The Morgan fingerprint density at radius 2 is 1.81 bits per heavy atom. The summed E-state index contributed by atoms with van der Waals surface area (Å²) in [6, 6.07) is 6.12. The maximum atomic E-state index is 12.2. The maximum Gasteiger partial charge on any atom is 0.275 e. The number of fused-ring (bicyclic) bond motifs is 1. The molecule has 8 heteroatoms. The zero-order valence-corrected chi connectivity index (χ0v) is 12.6. The Labute approximate surface area is 134 Å². The molecule has 0 radical (unpaired) electrons. The molecule has 21 heavy (non-hydrogen) atoms. The van der Waals surface area contributed by atoms with E-state index in [1.807, 2.05) is 0 Å². The van der Waals surface area contributed by atoms with Crippen molar-refractivity contribution < 1.29 is 14.3 Å². The van der Waals surface area contributed by atoms with E-state index in [2.05, 4.69) is 10.3 Å². The molecule has 1 aliphatic heterocycles. The van der Waals surface area contributed by atoms with E-state index in [4.69, 9.17) is 44.3 Å². The fourth-order valence-electron chi connectivity index (χ4n) is 1.77. The molecule has 5 nitrogen and oxygen atoms in total. The Bertz CT molecular complexity index is 737. The van der Waals surface area contributed by atoms with E-state index < -0.39 is 5.91 Å². The number of anilines is 1. The molecule has 108 valence electrons. The highest BCUT2D eigenvalue weighted by Crippen LogP contribution is 2.39. The minimum absolute atomic E-state index is 0.0119. The number of nitrogens with one attached hydrogen (secondary N) is 1. The predicted molar refractivity (Wildman–Crippen MR) is 79.8 cm³/mol. The van der Waals surface area contributed by atoms with Crippen LogP contribution in [-0.4, -0.2) is 17.7 Å². The van der Waals surface area contributed by atoms with Crippen LogP contribution in [0.15, 0.2) is 24.3 Å². The minimum Gasteiger partial charge on any atom is -0.454 e. The summed E-state index contributed by atoms with van der Waals surface area (Å²) in [7, 11) is 0. The number of hydrogen-bond acceptors (Lipinski definition) is 4. The van der Waals surface area contributed by atoms with Gasteiger partial charge in [-0.2, -0.15) is 0 Å². The van der Waals surface area contributed by atoms with Crippen molar-refractivity contribution in [2.24, 2.45) is 0 Å². The van der Waals surface area contributed by atoms with Gasteiger partial charge in [0.2, 0.25) is 6.79 Å². The van der Waals surface area contributed by atoms with Gasteiger partial charge in [-0.1, -0.05) is 34.8 Å². The molecule has 1 N–H and O–H groups in total. The van der Waals surface area contributed by atoms with Crippen LogP contribution in [0.25, 0.3) is 0 Å². The highest BCUT2D eigenvalue weighted by atomic mass is 35.5. The van der Waals surface area contributed by atoms with Crippen LogP contribution < -0.4 is 14.8 Å². The second-order valence-electron chi connectivity index (χ2n) is 4.10. The van der Waals surface area contributed by atoms with Crippen LogP contribution in [0.2, 0.25) is 15.2 Å². The van der Waals surface area contributed by atoms with Crippen molar-refractivity contribution in [1.82, 2.24) is 4.98 Å². The fourth-order valence-corrected chi connectivity index (χ4v) is 2.31. The van der Waals surface area contributed by atoms with Crippen molar-refractivity contribution in [1.29, 1.82) is 0 Å². The lowest BCUT2D eigenvalue weighted by molar-refractivity contribution is 0.102. The third kappa shape index (κ3) is 2.85. The number of hydrogen-bond donors (Lipinski definition) is 1. The van der Waals surface area contributed by atoms with Crippen LogP contribution in [0.3, 0.4) is 0 Å². The number of carbonyl (C=O) groups excluding carboxylic acids is 1. The second kappa shape index (κ2) is 5.60. The maximum absolute atomic E-state index is 12.2. The van der Waals surface area contributed by atoms with Gasteiger partial charge in [-0.05, 0) is 12.1 Å². The van der Waals surface area contributed by atoms with E-state index in [0.717, 1.165) is 0 Å². The number of amides is 1. The average molecular weight is 346 g/mol. The molecule has 0 fully saturated rings. The normalized spacial score (nSPS) is 12.3. The third-order valence-electron chi connectivity index (χ3n) is 2.74. The topological polar surface area (TPSA) is 60.5 Å². The summed E-state index contributed by atoms with van der Waals surface area (Å²) in [5, 5.41) is 3.28. The van der Waals surface area contributed by atoms with Crippen LogP contribution in [-0.2, 0) is 0 Å². The molecule has 2 aromatic rings. The molecule has 0 atom stereocenters. The van der Waals surface area contributed by atoms with Crippen LogP contribution in [0.5, 0.6) is 11.5 Å². The first-order valence-electron chi connectivity index (χ1n) is 5.77. The molecule has 1 aromatic heterocycles. The minimum atomic E-state index is -0.525. The number of nitrogens with zero attached hydrogens (tertiary/aromatic N) is 1. The summed E-state index contributed by atoms with van der Waals surface area (Å²) in [5.74, 6) is 0.500. The van der Waals surface area contributed by atoms with Crippen molar-refractivity contribution in [3.63, 3.8) is 0 Å². The molecule has 2 heterocycles. The monoisotopic (exact) mass is 344 g/mol. The first-order chi connectivity index (χ1) is 10.0. The Kier molecular flexibility index (Phi) is 3.80. The van der Waals surface area contributed by atoms with Crippen molar-refractivity contribution in [3.8, 4) is 11.5 Å². The summed E-state index contributed by atoms with van der Waals surface area (Å²) in [6.07, 6.45) is 0.